The molecule has 0 radical (unpaired) electrons. The van der Waals surface area contributed by atoms with Crippen LogP contribution in [-0.2, 0) is 4.74 Å². The average molecular weight is 338 g/mol. The fourth-order valence-corrected chi connectivity index (χ4v) is 3.09. The Balaban J connectivity index is 1.93. The largest absolute Gasteiger partial charge is 0.453 e. The number of carbonyl (C=O) groups excluding carboxylic acids is 1. The summed E-state index contributed by atoms with van der Waals surface area (Å²) in [5, 5.41) is 2.24. The summed E-state index contributed by atoms with van der Waals surface area (Å²) in [4.78, 5) is 24.7. The van der Waals surface area contributed by atoms with Crippen LogP contribution < -0.4 is 5.56 Å². The molecule has 1 amide bonds. The van der Waals surface area contributed by atoms with Gasteiger partial charge < -0.3 is 14.2 Å². The third kappa shape index (κ3) is 3.04. The molecule has 1 aliphatic heterocycles. The summed E-state index contributed by atoms with van der Waals surface area (Å²) in [7, 11) is 1.27. The number of H-pyrrole nitrogens is 1. The van der Waals surface area contributed by atoms with Crippen LogP contribution in [0.2, 0.25) is 0 Å². The molecule has 3 rings (SSSR count). The van der Waals surface area contributed by atoms with Gasteiger partial charge in [-0.1, -0.05) is 6.07 Å². The summed E-state index contributed by atoms with van der Waals surface area (Å²) in [5.41, 5.74) is 0.117. The average Bonchev–Trinajstić information content (AvgIpc) is 3.02. The van der Waals surface area contributed by atoms with Gasteiger partial charge >= 0.3 is 6.09 Å². The third-order valence-electron chi connectivity index (χ3n) is 4.29. The van der Waals surface area contributed by atoms with Crippen molar-refractivity contribution in [1.29, 1.82) is 0 Å². The van der Waals surface area contributed by atoms with Crippen molar-refractivity contribution in [1.82, 2.24) is 10.1 Å². The number of methoxy groups -OCH3 is 1. The maximum atomic E-state index is 13.6. The van der Waals surface area contributed by atoms with E-state index in [1.54, 1.807) is 0 Å². The summed E-state index contributed by atoms with van der Waals surface area (Å²) in [6.45, 7) is 0.343. The predicted octanol–water partition coefficient (Wildman–Crippen LogP) is 2.93. The molecule has 1 aromatic heterocycles. The first-order chi connectivity index (χ1) is 11.5. The van der Waals surface area contributed by atoms with Gasteiger partial charge in [0.05, 0.1) is 13.2 Å². The van der Waals surface area contributed by atoms with Crippen LogP contribution in [0, 0.1) is 11.6 Å². The Bertz CT molecular complexity index is 801. The van der Waals surface area contributed by atoms with Gasteiger partial charge in [0.15, 0.2) is 11.6 Å². The minimum atomic E-state index is -0.979. The van der Waals surface area contributed by atoms with Gasteiger partial charge in [0.2, 0.25) is 0 Å². The number of hydrogen-bond acceptors (Lipinski definition) is 4. The number of likely N-dealkylation sites (tertiary alicyclic amines) is 1. The summed E-state index contributed by atoms with van der Waals surface area (Å²) in [6, 6.07) is 4.40. The summed E-state index contributed by atoms with van der Waals surface area (Å²) < 4.78 is 36.7. The normalized spacial score (nSPS) is 20.9. The predicted molar refractivity (Wildman–Crippen MR) is 79.5 cm³/mol. The molecule has 2 heterocycles. The Kier molecular flexibility index (Phi) is 4.37. The first-order valence-corrected chi connectivity index (χ1v) is 7.47. The quantitative estimate of drug-likeness (QED) is 0.913. The van der Waals surface area contributed by atoms with Crippen molar-refractivity contribution in [2.24, 2.45) is 0 Å². The van der Waals surface area contributed by atoms with Gasteiger partial charge in [-0.15, -0.1) is 0 Å². The van der Waals surface area contributed by atoms with Crippen molar-refractivity contribution in [2.45, 2.75) is 24.8 Å². The second kappa shape index (κ2) is 6.46. The summed E-state index contributed by atoms with van der Waals surface area (Å²) in [6.07, 6.45) is 0.426. The SMILES string of the molecule is COC(=O)N1CC[C@H](c2cc(=O)[nH]o2)C[C@H]1c1ccc(F)c(F)c1. The minimum Gasteiger partial charge on any atom is -0.453 e. The highest BCUT2D eigenvalue weighted by molar-refractivity contribution is 5.68. The molecule has 0 saturated carbocycles. The van der Waals surface area contributed by atoms with Gasteiger partial charge in [-0.05, 0) is 30.5 Å². The van der Waals surface area contributed by atoms with Gasteiger partial charge in [-0.2, -0.15) is 5.16 Å². The zero-order chi connectivity index (χ0) is 17.3. The molecule has 8 heteroatoms. The maximum Gasteiger partial charge on any atom is 0.409 e. The highest BCUT2D eigenvalue weighted by Gasteiger charge is 2.35. The van der Waals surface area contributed by atoms with E-state index in [4.69, 9.17) is 9.26 Å². The van der Waals surface area contributed by atoms with Gasteiger partial charge in [-0.25, -0.2) is 13.6 Å². The molecule has 1 aliphatic rings. The van der Waals surface area contributed by atoms with E-state index in [0.717, 1.165) is 12.1 Å². The monoisotopic (exact) mass is 338 g/mol. The van der Waals surface area contributed by atoms with E-state index >= 15 is 0 Å². The van der Waals surface area contributed by atoms with E-state index in [1.165, 1.54) is 24.1 Å². The Morgan fingerprint density at radius 3 is 2.75 bits per heavy atom. The number of piperidine rings is 1. The molecule has 0 aliphatic carbocycles. The summed E-state index contributed by atoms with van der Waals surface area (Å²) in [5.74, 6) is -1.57. The first kappa shape index (κ1) is 16.2. The molecule has 1 saturated heterocycles. The zero-order valence-corrected chi connectivity index (χ0v) is 12.9. The number of aromatic amines is 1. The number of benzene rings is 1. The fraction of sp³-hybridized carbons (Fsp3) is 0.375. The molecule has 2 aromatic rings. The van der Waals surface area contributed by atoms with Crippen LogP contribution in [0.4, 0.5) is 13.6 Å². The van der Waals surface area contributed by atoms with Crippen molar-refractivity contribution >= 4 is 6.09 Å². The Labute approximate surface area is 136 Å². The molecule has 128 valence electrons. The molecule has 2 atom stereocenters. The van der Waals surface area contributed by atoms with E-state index in [0.29, 0.717) is 30.7 Å². The van der Waals surface area contributed by atoms with Gasteiger partial charge in [0.1, 0.15) is 5.76 Å². The highest BCUT2D eigenvalue weighted by atomic mass is 19.2. The van der Waals surface area contributed by atoms with Crippen LogP contribution in [0.25, 0.3) is 0 Å². The highest BCUT2D eigenvalue weighted by Crippen LogP contribution is 2.39. The Morgan fingerprint density at radius 2 is 2.12 bits per heavy atom. The van der Waals surface area contributed by atoms with Crippen molar-refractivity contribution in [2.75, 3.05) is 13.7 Å². The van der Waals surface area contributed by atoms with Gasteiger partial charge in [-0.3, -0.25) is 4.79 Å². The van der Waals surface area contributed by atoms with Crippen LogP contribution in [0.3, 0.4) is 0 Å². The fourth-order valence-electron chi connectivity index (χ4n) is 3.09. The number of aromatic nitrogens is 1. The number of nitrogens with one attached hydrogen (secondary N) is 1. The molecule has 24 heavy (non-hydrogen) atoms. The zero-order valence-electron chi connectivity index (χ0n) is 12.9. The van der Waals surface area contributed by atoms with Crippen LogP contribution >= 0.6 is 0 Å². The third-order valence-corrected chi connectivity index (χ3v) is 4.29. The Hall–Kier alpha value is -2.64. The lowest BCUT2D eigenvalue weighted by Crippen LogP contribution is -2.40. The van der Waals surface area contributed by atoms with E-state index in [9.17, 15) is 18.4 Å². The van der Waals surface area contributed by atoms with Crippen molar-refractivity contribution in [3.63, 3.8) is 0 Å². The molecule has 0 unspecified atom stereocenters. The van der Waals surface area contributed by atoms with E-state index in [2.05, 4.69) is 5.16 Å². The maximum absolute atomic E-state index is 13.6. The second-order valence-electron chi connectivity index (χ2n) is 5.69. The van der Waals surface area contributed by atoms with Crippen LogP contribution in [0.15, 0.2) is 33.6 Å². The molecule has 0 spiro atoms. The van der Waals surface area contributed by atoms with Crippen molar-refractivity contribution in [3.8, 4) is 0 Å². The van der Waals surface area contributed by atoms with Crippen LogP contribution in [-0.4, -0.2) is 29.8 Å². The topological polar surface area (TPSA) is 75.5 Å². The molecule has 1 aromatic carbocycles. The number of ether oxygens (including phenoxy) is 1. The molecule has 6 nitrogen and oxygen atoms in total. The number of amides is 1. The van der Waals surface area contributed by atoms with E-state index < -0.39 is 23.8 Å². The molecular weight excluding hydrogens is 322 g/mol. The number of carbonyl (C=O) groups is 1. The van der Waals surface area contributed by atoms with Crippen molar-refractivity contribution in [3.05, 3.63) is 57.6 Å². The number of rotatable bonds is 2. The second-order valence-corrected chi connectivity index (χ2v) is 5.69. The molecule has 1 fully saturated rings. The number of nitrogens with zero attached hydrogens (tertiary/aromatic N) is 1. The lowest BCUT2D eigenvalue weighted by atomic mass is 9.86. The van der Waals surface area contributed by atoms with Crippen LogP contribution in [0.1, 0.15) is 36.1 Å². The molecule has 0 bridgehead atoms. The lowest BCUT2D eigenvalue weighted by Gasteiger charge is -2.38. The van der Waals surface area contributed by atoms with E-state index in [1.807, 2.05) is 0 Å². The van der Waals surface area contributed by atoms with E-state index in [-0.39, 0.29) is 11.5 Å². The smallest absolute Gasteiger partial charge is 0.409 e. The first-order valence-electron chi connectivity index (χ1n) is 7.47. The number of hydrogen-bond donors (Lipinski definition) is 1. The minimum absolute atomic E-state index is 0.122. The number of halogens is 2. The molecule has 1 N–H and O–H groups in total. The van der Waals surface area contributed by atoms with Crippen LogP contribution in [0.5, 0.6) is 0 Å². The standard InChI is InChI=1S/C16H16F2N2O4/c1-23-16(22)20-5-4-10(14-8-15(21)19-24-14)7-13(20)9-2-3-11(17)12(18)6-9/h2-3,6,8,10,13H,4-5,7H2,1H3,(H,19,21)/t10-,13-/m0/s1. The van der Waals surface area contributed by atoms with Crippen molar-refractivity contribution < 1.29 is 22.8 Å². The van der Waals surface area contributed by atoms with Gasteiger partial charge in [0, 0.05) is 18.5 Å². The lowest BCUT2D eigenvalue weighted by molar-refractivity contribution is 0.0813. The summed E-state index contributed by atoms with van der Waals surface area (Å²) >= 11 is 0. The van der Waals surface area contributed by atoms with Gasteiger partial charge in [0.25, 0.3) is 5.56 Å². The molecular formula is C16H16F2N2O4. The Morgan fingerprint density at radius 1 is 1.33 bits per heavy atom.